The molecule has 0 saturated carbocycles. The molecule has 35 heavy (non-hydrogen) atoms. The maximum atomic E-state index is 10.7. The Morgan fingerprint density at radius 1 is 0.686 bits per heavy atom. The molecular weight excluding hydrogens is 448 g/mol. The Morgan fingerprint density at radius 3 is 2.26 bits per heavy atom. The molecule has 0 fully saturated rings. The summed E-state index contributed by atoms with van der Waals surface area (Å²) in [5.74, 6) is 0.224. The Labute approximate surface area is 210 Å². The molecule has 0 unspecified atom stereocenters. The Hall–Kier alpha value is -3.89. The summed E-state index contributed by atoms with van der Waals surface area (Å²) in [6, 6.07) is 36.4. The van der Waals surface area contributed by atoms with Crippen LogP contribution in [0.5, 0.6) is 5.75 Å². The van der Waals surface area contributed by atoms with Crippen molar-refractivity contribution in [1.29, 1.82) is 0 Å². The number of hydrogen-bond donors (Lipinski definition) is 1. The number of pyridine rings is 2. The predicted molar refractivity (Wildman–Crippen MR) is 144 cm³/mol. The molecule has 0 spiro atoms. The van der Waals surface area contributed by atoms with Crippen LogP contribution in [0.2, 0.25) is 0 Å². The lowest BCUT2D eigenvalue weighted by atomic mass is 9.77. The van der Waals surface area contributed by atoms with Crippen molar-refractivity contribution in [3.8, 4) is 28.3 Å². The number of rotatable bonds is 6. The molecule has 0 bridgehead atoms. The van der Waals surface area contributed by atoms with Crippen LogP contribution in [-0.4, -0.2) is 15.1 Å². The van der Waals surface area contributed by atoms with E-state index < -0.39 is 0 Å². The second-order valence-electron chi connectivity index (χ2n) is 8.93. The molecule has 5 rings (SSSR count). The quantitative estimate of drug-likeness (QED) is 0.271. The zero-order valence-electron chi connectivity index (χ0n) is 19.7. The van der Waals surface area contributed by atoms with Crippen LogP contribution in [0.3, 0.4) is 0 Å². The van der Waals surface area contributed by atoms with Gasteiger partial charge in [-0.1, -0.05) is 86.3 Å². The van der Waals surface area contributed by atoms with Gasteiger partial charge in [0, 0.05) is 27.6 Å². The number of aromatic nitrogens is 2. The third-order valence-corrected chi connectivity index (χ3v) is 7.17. The predicted octanol–water partition coefficient (Wildman–Crippen LogP) is 7.99. The molecule has 0 radical (unpaired) electrons. The van der Waals surface area contributed by atoms with E-state index in [9.17, 15) is 5.11 Å². The molecule has 0 aliphatic heterocycles. The summed E-state index contributed by atoms with van der Waals surface area (Å²) in [5.41, 5.74) is 5.49. The van der Waals surface area contributed by atoms with Crippen LogP contribution in [0.4, 0.5) is 0 Å². The lowest BCUT2D eigenvalue weighted by Gasteiger charge is -2.27. The Morgan fingerprint density at radius 2 is 1.46 bits per heavy atom. The SMILES string of the molecule is CC(C)(c1ccccc1)c1ccc(O)c(-c2cccc(-c3cccc(Sc4ccccn4)c3)n2)c1. The van der Waals surface area contributed by atoms with E-state index in [1.165, 1.54) is 5.56 Å². The van der Waals surface area contributed by atoms with Crippen LogP contribution in [0.25, 0.3) is 22.5 Å². The first-order chi connectivity index (χ1) is 17.0. The number of phenols is 1. The maximum Gasteiger partial charge on any atom is 0.124 e. The van der Waals surface area contributed by atoms with Crippen molar-refractivity contribution < 1.29 is 5.11 Å². The van der Waals surface area contributed by atoms with E-state index in [2.05, 4.69) is 67.4 Å². The zero-order valence-corrected chi connectivity index (χ0v) is 20.5. The average molecular weight is 475 g/mol. The molecule has 0 aliphatic rings. The smallest absolute Gasteiger partial charge is 0.124 e. The molecule has 0 aliphatic carbocycles. The second-order valence-corrected chi connectivity index (χ2v) is 10.0. The number of hydrogen-bond acceptors (Lipinski definition) is 4. The third kappa shape index (κ3) is 4.98. The molecule has 2 heterocycles. The van der Waals surface area contributed by atoms with Crippen molar-refractivity contribution in [2.75, 3.05) is 0 Å². The fourth-order valence-corrected chi connectivity index (χ4v) is 4.98. The Kier molecular flexibility index (Phi) is 6.39. The average Bonchev–Trinajstić information content (AvgIpc) is 2.90. The summed E-state index contributed by atoms with van der Waals surface area (Å²) in [7, 11) is 0. The van der Waals surface area contributed by atoms with Crippen LogP contribution in [0.15, 0.2) is 125 Å². The first kappa shape index (κ1) is 22.9. The van der Waals surface area contributed by atoms with E-state index in [4.69, 9.17) is 4.98 Å². The topological polar surface area (TPSA) is 46.0 Å². The van der Waals surface area contributed by atoms with Crippen LogP contribution < -0.4 is 0 Å². The first-order valence-corrected chi connectivity index (χ1v) is 12.4. The van der Waals surface area contributed by atoms with Crippen molar-refractivity contribution in [3.05, 3.63) is 127 Å². The molecule has 0 amide bonds. The van der Waals surface area contributed by atoms with E-state index in [1.807, 2.05) is 54.6 Å². The van der Waals surface area contributed by atoms with Crippen molar-refractivity contribution in [2.24, 2.45) is 0 Å². The standard InChI is InChI=1S/C31H26N2OS/c1-31(2,23-11-4-3-5-12-23)24-17-18-29(34)26(21-24)28-15-9-14-27(33-28)22-10-8-13-25(20-22)35-30-16-6-7-19-32-30/h3-21,34H,1-2H3. The van der Waals surface area contributed by atoms with E-state index in [1.54, 1.807) is 24.0 Å². The monoisotopic (exact) mass is 474 g/mol. The van der Waals surface area contributed by atoms with E-state index in [0.29, 0.717) is 0 Å². The van der Waals surface area contributed by atoms with Gasteiger partial charge in [-0.2, -0.15) is 0 Å². The van der Waals surface area contributed by atoms with Crippen LogP contribution >= 0.6 is 11.8 Å². The molecule has 172 valence electrons. The van der Waals surface area contributed by atoms with Gasteiger partial charge in [-0.3, -0.25) is 0 Å². The van der Waals surface area contributed by atoms with Crippen molar-refractivity contribution in [2.45, 2.75) is 29.2 Å². The van der Waals surface area contributed by atoms with Gasteiger partial charge in [0.2, 0.25) is 0 Å². The number of benzene rings is 3. The minimum absolute atomic E-state index is 0.210. The highest BCUT2D eigenvalue weighted by atomic mass is 32.2. The Balaban J connectivity index is 1.49. The minimum Gasteiger partial charge on any atom is -0.507 e. The van der Waals surface area contributed by atoms with Crippen LogP contribution in [0, 0.1) is 0 Å². The van der Waals surface area contributed by atoms with Gasteiger partial charge in [-0.05, 0) is 59.7 Å². The van der Waals surface area contributed by atoms with Gasteiger partial charge < -0.3 is 5.11 Å². The second kappa shape index (κ2) is 9.77. The third-order valence-electron chi connectivity index (χ3n) is 6.23. The minimum atomic E-state index is -0.210. The van der Waals surface area contributed by atoms with E-state index in [-0.39, 0.29) is 11.2 Å². The fourth-order valence-electron chi connectivity index (χ4n) is 4.14. The summed E-state index contributed by atoms with van der Waals surface area (Å²) in [5, 5.41) is 11.7. The molecule has 0 atom stereocenters. The van der Waals surface area contributed by atoms with Gasteiger partial charge in [0.25, 0.3) is 0 Å². The molecule has 2 aromatic heterocycles. The highest BCUT2D eigenvalue weighted by molar-refractivity contribution is 7.99. The van der Waals surface area contributed by atoms with Crippen LogP contribution in [-0.2, 0) is 5.41 Å². The molecule has 3 nitrogen and oxygen atoms in total. The molecule has 0 saturated heterocycles. The van der Waals surface area contributed by atoms with Gasteiger partial charge in [0.1, 0.15) is 10.8 Å². The maximum absolute atomic E-state index is 10.7. The molecule has 4 heteroatoms. The van der Waals surface area contributed by atoms with Crippen molar-refractivity contribution in [1.82, 2.24) is 9.97 Å². The first-order valence-electron chi connectivity index (χ1n) is 11.6. The lowest BCUT2D eigenvalue weighted by Crippen LogP contribution is -2.18. The molecule has 3 aromatic carbocycles. The van der Waals surface area contributed by atoms with Gasteiger partial charge in [-0.15, -0.1) is 0 Å². The van der Waals surface area contributed by atoms with E-state index >= 15 is 0 Å². The molecule has 5 aromatic rings. The zero-order chi connectivity index (χ0) is 24.3. The van der Waals surface area contributed by atoms with Crippen LogP contribution in [0.1, 0.15) is 25.0 Å². The summed E-state index contributed by atoms with van der Waals surface area (Å²) in [6.45, 7) is 4.40. The largest absolute Gasteiger partial charge is 0.507 e. The summed E-state index contributed by atoms with van der Waals surface area (Å²) < 4.78 is 0. The normalized spacial score (nSPS) is 11.4. The molecular formula is C31H26N2OS. The summed E-state index contributed by atoms with van der Waals surface area (Å²) in [4.78, 5) is 10.4. The van der Waals surface area contributed by atoms with Gasteiger partial charge in [0.15, 0.2) is 0 Å². The fraction of sp³-hybridized carbons (Fsp3) is 0.0968. The van der Waals surface area contributed by atoms with Gasteiger partial charge in [0.05, 0.1) is 11.4 Å². The number of aromatic hydroxyl groups is 1. The number of phenolic OH excluding ortho intramolecular Hbond substituents is 1. The Bertz CT molecular complexity index is 1450. The summed E-state index contributed by atoms with van der Waals surface area (Å²) in [6.07, 6.45) is 1.80. The number of nitrogens with zero attached hydrogens (tertiary/aromatic N) is 2. The van der Waals surface area contributed by atoms with Crippen molar-refractivity contribution >= 4 is 11.8 Å². The van der Waals surface area contributed by atoms with Gasteiger partial charge >= 0.3 is 0 Å². The van der Waals surface area contributed by atoms with Gasteiger partial charge in [-0.25, -0.2) is 9.97 Å². The van der Waals surface area contributed by atoms with Crippen molar-refractivity contribution in [3.63, 3.8) is 0 Å². The van der Waals surface area contributed by atoms with E-state index in [0.717, 1.165) is 38.0 Å². The molecule has 1 N–H and O–H groups in total. The summed E-state index contributed by atoms with van der Waals surface area (Å²) >= 11 is 1.62. The highest BCUT2D eigenvalue weighted by Gasteiger charge is 2.24. The lowest BCUT2D eigenvalue weighted by molar-refractivity contribution is 0.476. The highest BCUT2D eigenvalue weighted by Crippen LogP contribution is 2.37.